The molecule has 0 saturated heterocycles. The lowest BCUT2D eigenvalue weighted by atomic mass is 10.0. The second-order valence-electron chi connectivity index (χ2n) is 3.35. The van der Waals surface area contributed by atoms with Crippen molar-refractivity contribution >= 4 is 0 Å². The number of aryl methyl sites for hydroxylation is 1. The molecule has 0 unspecified atom stereocenters. The molecule has 1 atom stereocenters. The molecule has 0 amide bonds. The van der Waals surface area contributed by atoms with Gasteiger partial charge in [0.05, 0.1) is 0 Å². The number of hydrogen-bond donors (Lipinski definition) is 1. The van der Waals surface area contributed by atoms with Crippen LogP contribution in [0.4, 0.5) is 0 Å². The fourth-order valence-corrected chi connectivity index (χ4v) is 1.28. The summed E-state index contributed by atoms with van der Waals surface area (Å²) in [4.78, 5) is 0. The van der Waals surface area contributed by atoms with Gasteiger partial charge in [0.2, 0.25) is 0 Å². The molecular weight excluding hydrogens is 146 g/mol. The molecule has 1 rings (SSSR count). The number of benzene rings is 1. The minimum Gasteiger partial charge on any atom is -0.328 e. The Bertz CT molecular complexity index is 223. The molecule has 0 spiro atoms. The topological polar surface area (TPSA) is 26.0 Å². The molecule has 0 aromatic heterocycles. The summed E-state index contributed by atoms with van der Waals surface area (Å²) in [5, 5.41) is 0. The van der Waals surface area contributed by atoms with Gasteiger partial charge >= 0.3 is 0 Å². The molecule has 0 bridgehead atoms. The Labute approximate surface area is 74.6 Å². The van der Waals surface area contributed by atoms with Gasteiger partial charge in [-0.15, -0.1) is 0 Å². The van der Waals surface area contributed by atoms with Crippen molar-refractivity contribution in [2.45, 2.75) is 32.7 Å². The van der Waals surface area contributed by atoms with Crippen molar-refractivity contribution in [2.24, 2.45) is 5.73 Å². The van der Waals surface area contributed by atoms with Crippen LogP contribution in [0.1, 0.15) is 25.0 Å². The van der Waals surface area contributed by atoms with E-state index < -0.39 is 0 Å². The van der Waals surface area contributed by atoms with Crippen molar-refractivity contribution in [3.05, 3.63) is 35.4 Å². The van der Waals surface area contributed by atoms with Gasteiger partial charge in [-0.3, -0.25) is 0 Å². The fraction of sp³-hybridized carbons (Fsp3) is 0.455. The standard InChI is InChI=1S/C11H17N/c1-3-10-4-6-11(7-5-10)8-9(2)12/h4-7,9H,3,8,12H2,1-2H3/t9-/m1/s1. The molecule has 0 fully saturated rings. The minimum absolute atomic E-state index is 0.262. The average Bonchev–Trinajstić information content (AvgIpc) is 2.05. The summed E-state index contributed by atoms with van der Waals surface area (Å²) >= 11 is 0. The lowest BCUT2D eigenvalue weighted by molar-refractivity contribution is 0.738. The Kier molecular flexibility index (Phi) is 3.30. The van der Waals surface area contributed by atoms with Gasteiger partial charge in [0, 0.05) is 6.04 Å². The van der Waals surface area contributed by atoms with Crippen LogP contribution in [0.3, 0.4) is 0 Å². The van der Waals surface area contributed by atoms with E-state index in [1.807, 2.05) is 6.92 Å². The van der Waals surface area contributed by atoms with Crippen molar-refractivity contribution < 1.29 is 0 Å². The minimum atomic E-state index is 0.262. The monoisotopic (exact) mass is 163 g/mol. The van der Waals surface area contributed by atoms with Crippen molar-refractivity contribution in [2.75, 3.05) is 0 Å². The third-order valence-electron chi connectivity index (χ3n) is 1.99. The zero-order valence-electron chi connectivity index (χ0n) is 7.88. The zero-order chi connectivity index (χ0) is 8.97. The van der Waals surface area contributed by atoms with Crippen LogP contribution < -0.4 is 5.73 Å². The smallest absolute Gasteiger partial charge is 0.00509 e. The van der Waals surface area contributed by atoms with Crippen LogP contribution >= 0.6 is 0 Å². The molecule has 1 nitrogen and oxygen atoms in total. The Morgan fingerprint density at radius 2 is 1.67 bits per heavy atom. The van der Waals surface area contributed by atoms with Crippen LogP contribution in [0.15, 0.2) is 24.3 Å². The predicted octanol–water partition coefficient (Wildman–Crippen LogP) is 2.14. The molecule has 66 valence electrons. The van der Waals surface area contributed by atoms with E-state index in [2.05, 4.69) is 31.2 Å². The first-order valence-electron chi connectivity index (χ1n) is 4.55. The maximum Gasteiger partial charge on any atom is 0.00509 e. The van der Waals surface area contributed by atoms with E-state index >= 15 is 0 Å². The van der Waals surface area contributed by atoms with Crippen molar-refractivity contribution in [1.82, 2.24) is 0 Å². The van der Waals surface area contributed by atoms with Gasteiger partial charge < -0.3 is 5.73 Å². The van der Waals surface area contributed by atoms with Gasteiger partial charge in [-0.05, 0) is 30.9 Å². The van der Waals surface area contributed by atoms with Gasteiger partial charge in [0.1, 0.15) is 0 Å². The van der Waals surface area contributed by atoms with E-state index in [4.69, 9.17) is 5.73 Å². The first kappa shape index (κ1) is 9.27. The van der Waals surface area contributed by atoms with E-state index in [1.54, 1.807) is 0 Å². The molecule has 1 aromatic carbocycles. The van der Waals surface area contributed by atoms with Crippen molar-refractivity contribution in [3.63, 3.8) is 0 Å². The maximum absolute atomic E-state index is 5.69. The van der Waals surface area contributed by atoms with Gasteiger partial charge in [0.15, 0.2) is 0 Å². The molecule has 0 aliphatic heterocycles. The summed E-state index contributed by atoms with van der Waals surface area (Å²) in [7, 11) is 0. The molecule has 1 aromatic rings. The van der Waals surface area contributed by atoms with Crippen LogP contribution in [-0.2, 0) is 12.8 Å². The van der Waals surface area contributed by atoms with E-state index in [1.165, 1.54) is 11.1 Å². The van der Waals surface area contributed by atoms with E-state index in [0.29, 0.717) is 0 Å². The Morgan fingerprint density at radius 3 is 2.08 bits per heavy atom. The summed E-state index contributed by atoms with van der Waals surface area (Å²) in [5.41, 5.74) is 8.42. The summed E-state index contributed by atoms with van der Waals surface area (Å²) in [6, 6.07) is 8.96. The second kappa shape index (κ2) is 4.27. The first-order chi connectivity index (χ1) is 5.72. The van der Waals surface area contributed by atoms with E-state index in [9.17, 15) is 0 Å². The third kappa shape index (κ3) is 2.67. The lowest BCUT2D eigenvalue weighted by Gasteiger charge is -2.05. The van der Waals surface area contributed by atoms with Crippen LogP contribution in [0.5, 0.6) is 0 Å². The van der Waals surface area contributed by atoms with Crippen LogP contribution in [0, 0.1) is 0 Å². The van der Waals surface area contributed by atoms with Crippen LogP contribution in [-0.4, -0.2) is 6.04 Å². The van der Waals surface area contributed by atoms with Gasteiger partial charge in [0.25, 0.3) is 0 Å². The zero-order valence-corrected chi connectivity index (χ0v) is 7.88. The van der Waals surface area contributed by atoms with Gasteiger partial charge in [-0.25, -0.2) is 0 Å². The van der Waals surface area contributed by atoms with Crippen LogP contribution in [0.25, 0.3) is 0 Å². The van der Waals surface area contributed by atoms with Crippen molar-refractivity contribution in [3.8, 4) is 0 Å². The Hall–Kier alpha value is -0.820. The fourth-order valence-electron chi connectivity index (χ4n) is 1.28. The Morgan fingerprint density at radius 1 is 1.17 bits per heavy atom. The molecule has 1 heteroatoms. The molecule has 0 radical (unpaired) electrons. The molecule has 12 heavy (non-hydrogen) atoms. The molecule has 0 aliphatic rings. The molecule has 0 aliphatic carbocycles. The van der Waals surface area contributed by atoms with Crippen LogP contribution in [0.2, 0.25) is 0 Å². The molecule has 2 N–H and O–H groups in total. The quantitative estimate of drug-likeness (QED) is 0.726. The largest absolute Gasteiger partial charge is 0.328 e. The summed E-state index contributed by atoms with van der Waals surface area (Å²) in [6.45, 7) is 4.20. The molecule has 0 heterocycles. The first-order valence-corrected chi connectivity index (χ1v) is 4.55. The highest BCUT2D eigenvalue weighted by molar-refractivity contribution is 5.22. The molecular formula is C11H17N. The summed E-state index contributed by atoms with van der Waals surface area (Å²) in [5.74, 6) is 0. The Balaban J connectivity index is 2.65. The average molecular weight is 163 g/mol. The maximum atomic E-state index is 5.69. The van der Waals surface area contributed by atoms with E-state index in [0.717, 1.165) is 12.8 Å². The van der Waals surface area contributed by atoms with Gasteiger partial charge in [-0.1, -0.05) is 31.2 Å². The normalized spacial score (nSPS) is 12.9. The number of nitrogens with two attached hydrogens (primary N) is 1. The second-order valence-corrected chi connectivity index (χ2v) is 3.35. The third-order valence-corrected chi connectivity index (χ3v) is 1.99. The van der Waals surface area contributed by atoms with Gasteiger partial charge in [-0.2, -0.15) is 0 Å². The molecule has 0 saturated carbocycles. The highest BCUT2D eigenvalue weighted by Gasteiger charge is 1.96. The highest BCUT2D eigenvalue weighted by Crippen LogP contribution is 2.06. The summed E-state index contributed by atoms with van der Waals surface area (Å²) in [6.07, 6.45) is 2.09. The predicted molar refractivity (Wildman–Crippen MR) is 53.2 cm³/mol. The van der Waals surface area contributed by atoms with Crippen molar-refractivity contribution in [1.29, 1.82) is 0 Å². The SMILES string of the molecule is CCc1ccc(C[C@@H](C)N)cc1. The lowest BCUT2D eigenvalue weighted by Crippen LogP contribution is -2.17. The number of rotatable bonds is 3. The van der Waals surface area contributed by atoms with E-state index in [-0.39, 0.29) is 6.04 Å². The highest BCUT2D eigenvalue weighted by atomic mass is 14.6. The number of hydrogen-bond acceptors (Lipinski definition) is 1. The summed E-state index contributed by atoms with van der Waals surface area (Å²) < 4.78 is 0.